The van der Waals surface area contributed by atoms with Gasteiger partial charge in [0.15, 0.2) is 4.67 Å². The maximum atomic E-state index is 10.5. The third-order valence-electron chi connectivity index (χ3n) is 3.14. The Morgan fingerprint density at radius 1 is 1.00 bits per heavy atom. The maximum absolute atomic E-state index is 10.5. The second kappa shape index (κ2) is 5.00. The van der Waals surface area contributed by atoms with Gasteiger partial charge in [-0.1, -0.05) is 41.9 Å². The Hall–Kier alpha value is -1.29. The molecule has 0 saturated carbocycles. The zero-order valence-electron chi connectivity index (χ0n) is 9.81. The number of hydrogen-bond acceptors (Lipinski definition) is 2. The van der Waals surface area contributed by atoms with Crippen molar-refractivity contribution >= 4 is 38.3 Å². The van der Waals surface area contributed by atoms with Crippen LogP contribution in [0.5, 0.6) is 0 Å². The Morgan fingerprint density at radius 2 is 1.74 bits per heavy atom. The minimum absolute atomic E-state index is 0.541. The summed E-state index contributed by atoms with van der Waals surface area (Å²) in [7, 11) is 0. The highest BCUT2D eigenvalue weighted by molar-refractivity contribution is 9.10. The average Bonchev–Trinajstić information content (AvgIpc) is 2.85. The minimum Gasteiger partial charge on any atom is -0.457 e. The van der Waals surface area contributed by atoms with Crippen molar-refractivity contribution in [1.82, 2.24) is 0 Å². The smallest absolute Gasteiger partial charge is 0.175 e. The van der Waals surface area contributed by atoms with Crippen LogP contribution in [0.4, 0.5) is 0 Å². The molecule has 19 heavy (non-hydrogen) atoms. The molecule has 0 amide bonds. The molecule has 1 atom stereocenters. The summed E-state index contributed by atoms with van der Waals surface area (Å²) in [5.74, 6) is 0. The van der Waals surface area contributed by atoms with E-state index >= 15 is 0 Å². The van der Waals surface area contributed by atoms with Crippen LogP contribution >= 0.6 is 27.5 Å². The van der Waals surface area contributed by atoms with Crippen LogP contribution in [0.25, 0.3) is 10.8 Å². The normalized spacial score (nSPS) is 12.8. The zero-order valence-corrected chi connectivity index (χ0v) is 12.1. The lowest BCUT2D eigenvalue weighted by molar-refractivity contribution is 0.219. The first-order chi connectivity index (χ1) is 9.18. The molecule has 1 N–H and O–H groups in total. The van der Waals surface area contributed by atoms with Crippen LogP contribution in [0.15, 0.2) is 57.8 Å². The minimum atomic E-state index is -0.754. The summed E-state index contributed by atoms with van der Waals surface area (Å²) in [5.41, 5.74) is 1.51. The molecule has 96 valence electrons. The molecule has 1 unspecified atom stereocenters. The van der Waals surface area contributed by atoms with Crippen molar-refractivity contribution in [2.75, 3.05) is 0 Å². The van der Waals surface area contributed by atoms with Crippen LogP contribution in [-0.2, 0) is 0 Å². The number of benzene rings is 2. The van der Waals surface area contributed by atoms with E-state index in [1.54, 1.807) is 18.4 Å². The van der Waals surface area contributed by atoms with Gasteiger partial charge in [0.05, 0.1) is 6.26 Å². The second-order valence-electron chi connectivity index (χ2n) is 4.23. The van der Waals surface area contributed by atoms with Crippen LogP contribution < -0.4 is 0 Å². The van der Waals surface area contributed by atoms with E-state index < -0.39 is 6.10 Å². The second-order valence-corrected chi connectivity index (χ2v) is 5.36. The predicted molar refractivity (Wildman–Crippen MR) is 79.4 cm³/mol. The Labute approximate surface area is 123 Å². The fraction of sp³-hybridized carbons (Fsp3) is 0.0667. The molecule has 3 aromatic rings. The molecule has 3 rings (SSSR count). The number of fused-ring (bicyclic) bond motifs is 1. The average molecular weight is 338 g/mol. The molecule has 0 radical (unpaired) electrons. The van der Waals surface area contributed by atoms with Gasteiger partial charge in [-0.15, -0.1) is 0 Å². The van der Waals surface area contributed by atoms with Crippen molar-refractivity contribution in [3.05, 3.63) is 69.5 Å². The Bertz CT molecular complexity index is 736. The highest BCUT2D eigenvalue weighted by atomic mass is 79.9. The van der Waals surface area contributed by atoms with Crippen LogP contribution in [0.1, 0.15) is 17.2 Å². The van der Waals surface area contributed by atoms with Crippen LogP contribution in [0.3, 0.4) is 0 Å². The van der Waals surface area contributed by atoms with Gasteiger partial charge in [-0.3, -0.25) is 0 Å². The molecular weight excluding hydrogens is 328 g/mol. The molecule has 4 heteroatoms. The topological polar surface area (TPSA) is 33.4 Å². The van der Waals surface area contributed by atoms with Crippen molar-refractivity contribution in [3.63, 3.8) is 0 Å². The van der Waals surface area contributed by atoms with Gasteiger partial charge >= 0.3 is 0 Å². The predicted octanol–water partition coefficient (Wildman–Crippen LogP) is 4.93. The molecule has 0 aliphatic heterocycles. The van der Waals surface area contributed by atoms with Crippen LogP contribution in [0, 0.1) is 0 Å². The summed E-state index contributed by atoms with van der Waals surface area (Å²) < 4.78 is 5.71. The molecule has 0 bridgehead atoms. The fourth-order valence-corrected chi connectivity index (χ4v) is 2.88. The van der Waals surface area contributed by atoms with Crippen LogP contribution in [0.2, 0.25) is 5.02 Å². The van der Waals surface area contributed by atoms with E-state index in [4.69, 9.17) is 16.0 Å². The number of rotatable bonds is 2. The Morgan fingerprint density at radius 3 is 2.42 bits per heavy atom. The van der Waals surface area contributed by atoms with E-state index in [1.165, 1.54) is 0 Å². The van der Waals surface area contributed by atoms with Crippen molar-refractivity contribution in [3.8, 4) is 0 Å². The molecule has 2 aromatic carbocycles. The molecule has 1 aromatic heterocycles. The highest BCUT2D eigenvalue weighted by Gasteiger charge is 2.18. The van der Waals surface area contributed by atoms with Crippen molar-refractivity contribution < 1.29 is 9.52 Å². The van der Waals surface area contributed by atoms with Gasteiger partial charge in [0.1, 0.15) is 6.10 Å². The molecule has 0 fully saturated rings. The lowest BCUT2D eigenvalue weighted by Gasteiger charge is -2.13. The quantitative estimate of drug-likeness (QED) is 0.719. The first-order valence-corrected chi connectivity index (χ1v) is 6.93. The monoisotopic (exact) mass is 336 g/mol. The molecule has 0 spiro atoms. The summed E-state index contributed by atoms with van der Waals surface area (Å²) in [6, 6.07) is 13.1. The van der Waals surface area contributed by atoms with Crippen molar-refractivity contribution in [2.24, 2.45) is 0 Å². The van der Waals surface area contributed by atoms with Gasteiger partial charge in [0, 0.05) is 16.0 Å². The highest BCUT2D eigenvalue weighted by Crippen LogP contribution is 2.35. The van der Waals surface area contributed by atoms with E-state index in [2.05, 4.69) is 15.9 Å². The third-order valence-corrected chi connectivity index (χ3v) is 4.11. The maximum Gasteiger partial charge on any atom is 0.175 e. The lowest BCUT2D eigenvalue weighted by Crippen LogP contribution is -2.00. The Balaban J connectivity index is 2.21. The SMILES string of the molecule is OC(c1ccoc1Br)c1ccc(Cl)c2ccccc12. The number of aliphatic hydroxyl groups excluding tert-OH is 1. The standard InChI is InChI=1S/C15H10BrClO2/c16-15-12(7-8-19-15)14(18)11-5-6-13(17)10-4-2-1-3-9(10)11/h1-8,14,18H. The number of furan rings is 1. The van der Waals surface area contributed by atoms with Gasteiger partial charge in [0.2, 0.25) is 0 Å². The summed E-state index contributed by atoms with van der Waals surface area (Å²) >= 11 is 9.47. The third kappa shape index (κ3) is 2.18. The van der Waals surface area contributed by atoms with Gasteiger partial charge in [-0.25, -0.2) is 0 Å². The zero-order chi connectivity index (χ0) is 13.4. The number of hydrogen-bond donors (Lipinski definition) is 1. The van der Waals surface area contributed by atoms with Crippen molar-refractivity contribution in [2.45, 2.75) is 6.10 Å². The molecule has 2 nitrogen and oxygen atoms in total. The van der Waals surface area contributed by atoms with Gasteiger partial charge < -0.3 is 9.52 Å². The summed E-state index contributed by atoms with van der Waals surface area (Å²) in [4.78, 5) is 0. The van der Waals surface area contributed by atoms with E-state index in [-0.39, 0.29) is 0 Å². The van der Waals surface area contributed by atoms with Gasteiger partial charge in [-0.2, -0.15) is 0 Å². The lowest BCUT2D eigenvalue weighted by atomic mass is 9.97. The van der Waals surface area contributed by atoms with E-state index in [1.807, 2.05) is 30.3 Å². The van der Waals surface area contributed by atoms with Gasteiger partial charge in [0.25, 0.3) is 0 Å². The summed E-state index contributed by atoms with van der Waals surface area (Å²) in [6.07, 6.45) is 0.788. The molecular formula is C15H10BrClO2. The molecule has 0 saturated heterocycles. The van der Waals surface area contributed by atoms with E-state index in [0.29, 0.717) is 15.3 Å². The fourth-order valence-electron chi connectivity index (χ4n) is 2.19. The van der Waals surface area contributed by atoms with Crippen LogP contribution in [-0.4, -0.2) is 5.11 Å². The number of aliphatic hydroxyl groups is 1. The molecule has 0 aliphatic rings. The van der Waals surface area contributed by atoms with Crippen molar-refractivity contribution in [1.29, 1.82) is 0 Å². The summed E-state index contributed by atoms with van der Waals surface area (Å²) in [5, 5.41) is 13.1. The van der Waals surface area contributed by atoms with Gasteiger partial charge in [-0.05, 0) is 39.0 Å². The summed E-state index contributed by atoms with van der Waals surface area (Å²) in [6.45, 7) is 0. The molecule has 0 aliphatic carbocycles. The first-order valence-electron chi connectivity index (χ1n) is 5.76. The van der Waals surface area contributed by atoms with E-state index in [9.17, 15) is 5.11 Å². The number of halogens is 2. The largest absolute Gasteiger partial charge is 0.457 e. The molecule has 1 heterocycles. The first kappa shape index (κ1) is 12.7. The Kier molecular flexibility index (Phi) is 3.35. The van der Waals surface area contributed by atoms with E-state index in [0.717, 1.165) is 16.3 Å².